The number of anilines is 1. The van der Waals surface area contributed by atoms with Gasteiger partial charge in [0, 0.05) is 38.1 Å². The van der Waals surface area contributed by atoms with E-state index < -0.39 is 36.1 Å². The maximum Gasteiger partial charge on any atom is 0.420 e. The van der Waals surface area contributed by atoms with E-state index in [0.29, 0.717) is 36.6 Å². The van der Waals surface area contributed by atoms with Crippen LogP contribution in [0.5, 0.6) is 0 Å². The second-order valence-corrected chi connectivity index (χ2v) is 10.3. The van der Waals surface area contributed by atoms with Crippen LogP contribution in [-0.2, 0) is 0 Å². The number of benzene rings is 2. The van der Waals surface area contributed by atoms with Crippen molar-refractivity contribution in [3.8, 4) is 16.1 Å². The number of rotatable bonds is 3. The Morgan fingerprint density at radius 1 is 1.08 bits per heavy atom. The second-order valence-electron chi connectivity index (χ2n) is 8.85. The quantitative estimate of drug-likeness (QED) is 0.343. The average Bonchev–Trinajstić information content (AvgIpc) is 3.25. The molecule has 3 aromatic heterocycles. The summed E-state index contributed by atoms with van der Waals surface area (Å²) in [5.41, 5.74) is -2.33. The lowest BCUT2D eigenvalue weighted by molar-refractivity contribution is -0.267. The number of pyridine rings is 1. The molecule has 0 atom stereocenters. The van der Waals surface area contributed by atoms with Gasteiger partial charge in [-0.1, -0.05) is 35.9 Å². The van der Waals surface area contributed by atoms with Crippen molar-refractivity contribution in [2.45, 2.75) is 11.8 Å². The molecule has 0 bridgehead atoms. The molecule has 0 amide bonds. The number of halogens is 4. The summed E-state index contributed by atoms with van der Waals surface area (Å²) in [5.74, 6) is 0. The van der Waals surface area contributed by atoms with Gasteiger partial charge in [0.15, 0.2) is 5.60 Å². The van der Waals surface area contributed by atoms with Crippen LogP contribution in [0.3, 0.4) is 0 Å². The van der Waals surface area contributed by atoms with Crippen LogP contribution < -0.4 is 16.1 Å². The number of aliphatic hydroxyl groups is 1. The minimum atomic E-state index is -4.74. The number of thiophene rings is 1. The van der Waals surface area contributed by atoms with E-state index in [1.165, 1.54) is 28.6 Å². The van der Waals surface area contributed by atoms with E-state index in [1.807, 2.05) is 12.1 Å². The fourth-order valence-electron chi connectivity index (χ4n) is 4.48. The normalized spacial score (nSPS) is 15.3. The summed E-state index contributed by atoms with van der Waals surface area (Å²) in [5, 5.41) is 11.4. The number of β-amino-alcohol motifs (C(OH)–C–C–N with tert-alkyl or cyclic N) is 1. The number of aromatic amines is 1. The Morgan fingerprint density at radius 3 is 2.57 bits per heavy atom. The predicted octanol–water partition coefficient (Wildman–Crippen LogP) is 4.72. The molecule has 1 aliphatic rings. The van der Waals surface area contributed by atoms with Crippen molar-refractivity contribution in [3.05, 3.63) is 86.8 Å². The fraction of sp³-hybridized carbons (Fsp3) is 0.160. The molecular formula is C25H16ClF3N4O3S. The van der Waals surface area contributed by atoms with Crippen LogP contribution in [0, 0.1) is 0 Å². The third kappa shape index (κ3) is 3.73. The molecule has 188 valence electrons. The van der Waals surface area contributed by atoms with Gasteiger partial charge in [0.2, 0.25) is 0 Å². The minimum absolute atomic E-state index is 0.187. The van der Waals surface area contributed by atoms with Gasteiger partial charge in [0.1, 0.15) is 4.70 Å². The Morgan fingerprint density at radius 2 is 1.84 bits per heavy atom. The van der Waals surface area contributed by atoms with E-state index >= 15 is 0 Å². The van der Waals surface area contributed by atoms with E-state index in [9.17, 15) is 27.9 Å². The van der Waals surface area contributed by atoms with Gasteiger partial charge in [0.25, 0.3) is 5.56 Å². The molecule has 0 aliphatic carbocycles. The Labute approximate surface area is 215 Å². The zero-order chi connectivity index (χ0) is 26.1. The van der Waals surface area contributed by atoms with Crippen LogP contribution in [0.1, 0.15) is 0 Å². The molecule has 0 saturated carbocycles. The first kappa shape index (κ1) is 23.7. The third-order valence-corrected chi connectivity index (χ3v) is 7.96. The van der Waals surface area contributed by atoms with E-state index in [0.717, 1.165) is 10.1 Å². The van der Waals surface area contributed by atoms with Gasteiger partial charge in [-0.2, -0.15) is 13.2 Å². The molecule has 2 aromatic carbocycles. The monoisotopic (exact) mass is 544 g/mol. The smallest absolute Gasteiger partial charge is 0.378 e. The average molecular weight is 545 g/mol. The molecule has 2 N–H and O–H groups in total. The Bertz CT molecular complexity index is 1820. The summed E-state index contributed by atoms with van der Waals surface area (Å²) < 4.78 is 40.6. The molecule has 12 heteroatoms. The highest BCUT2D eigenvalue weighted by molar-refractivity contribution is 7.22. The number of alkyl halides is 3. The summed E-state index contributed by atoms with van der Waals surface area (Å²) in [4.78, 5) is 35.6. The third-order valence-electron chi connectivity index (χ3n) is 6.48. The number of H-pyrrole nitrogens is 1. The van der Waals surface area contributed by atoms with Crippen molar-refractivity contribution >= 4 is 49.6 Å². The molecule has 0 radical (unpaired) electrons. The molecule has 0 spiro atoms. The highest BCUT2D eigenvalue weighted by atomic mass is 35.5. The number of nitrogens with one attached hydrogen (secondary N) is 1. The van der Waals surface area contributed by atoms with E-state index in [4.69, 9.17) is 11.6 Å². The first-order valence-electron chi connectivity index (χ1n) is 11.0. The van der Waals surface area contributed by atoms with Gasteiger partial charge < -0.3 is 15.0 Å². The number of fused-ring (bicyclic) bond motifs is 2. The molecular weight excluding hydrogens is 529 g/mol. The van der Waals surface area contributed by atoms with Gasteiger partial charge in [-0.15, -0.1) is 11.3 Å². The SMILES string of the molecule is O=c1[nH]c2cc(-c3ccccc3Cl)sc2c(=O)n1-c1cncc2ccc(N3CC(O)(C(F)(F)F)C3)cc12. The lowest BCUT2D eigenvalue weighted by atomic mass is 9.92. The summed E-state index contributed by atoms with van der Waals surface area (Å²) in [6.45, 7) is -1.23. The molecule has 1 saturated heterocycles. The first-order valence-corrected chi connectivity index (χ1v) is 12.2. The Hall–Kier alpha value is -3.67. The standard InChI is InChI=1S/C25H16ClF3N4O3S/c26-17-4-2-1-3-15(17)20-8-18-21(37-20)22(34)33(23(35)31-18)19-10-30-9-13-5-6-14(7-16(13)19)32-11-24(36,12-32)25(27,28)29/h1-10,36H,11-12H2,(H,31,35). The van der Waals surface area contributed by atoms with Crippen molar-refractivity contribution in [2.24, 2.45) is 0 Å². The highest BCUT2D eigenvalue weighted by Crippen LogP contribution is 2.41. The fourth-order valence-corrected chi connectivity index (χ4v) is 5.86. The van der Waals surface area contributed by atoms with E-state index in [-0.39, 0.29) is 5.69 Å². The van der Waals surface area contributed by atoms with Crippen LogP contribution in [-0.4, -0.2) is 44.5 Å². The number of nitrogens with zero attached hydrogens (tertiary/aromatic N) is 3. The predicted molar refractivity (Wildman–Crippen MR) is 137 cm³/mol. The lowest BCUT2D eigenvalue weighted by Crippen LogP contribution is -2.69. The minimum Gasteiger partial charge on any atom is -0.378 e. The molecule has 6 rings (SSSR count). The van der Waals surface area contributed by atoms with Gasteiger partial charge in [-0.25, -0.2) is 9.36 Å². The Kier molecular flexibility index (Phi) is 5.23. The first-order chi connectivity index (χ1) is 17.6. The zero-order valence-corrected chi connectivity index (χ0v) is 20.3. The van der Waals surface area contributed by atoms with Crippen molar-refractivity contribution in [1.82, 2.24) is 14.5 Å². The Balaban J connectivity index is 1.47. The van der Waals surface area contributed by atoms with Gasteiger partial charge in [-0.3, -0.25) is 9.78 Å². The summed E-state index contributed by atoms with van der Waals surface area (Å²) >= 11 is 7.50. The van der Waals surface area contributed by atoms with Crippen molar-refractivity contribution in [3.63, 3.8) is 0 Å². The van der Waals surface area contributed by atoms with E-state index in [1.54, 1.807) is 36.4 Å². The van der Waals surface area contributed by atoms with Gasteiger partial charge in [0.05, 0.1) is 30.5 Å². The largest absolute Gasteiger partial charge is 0.420 e. The van der Waals surface area contributed by atoms with E-state index in [2.05, 4.69) is 9.97 Å². The highest BCUT2D eigenvalue weighted by Gasteiger charge is 2.61. The topological polar surface area (TPSA) is 91.2 Å². The van der Waals surface area contributed by atoms with Crippen molar-refractivity contribution < 1.29 is 18.3 Å². The van der Waals surface area contributed by atoms with Crippen LogP contribution in [0.2, 0.25) is 5.02 Å². The van der Waals surface area contributed by atoms with Gasteiger partial charge >= 0.3 is 11.9 Å². The zero-order valence-electron chi connectivity index (χ0n) is 18.7. The molecule has 7 nitrogen and oxygen atoms in total. The maximum absolute atomic E-state index is 13.5. The van der Waals surface area contributed by atoms with Crippen molar-refractivity contribution in [2.75, 3.05) is 18.0 Å². The van der Waals surface area contributed by atoms with Crippen LogP contribution in [0.4, 0.5) is 18.9 Å². The molecule has 1 fully saturated rings. The number of hydrogen-bond donors (Lipinski definition) is 2. The molecule has 0 unspecified atom stereocenters. The van der Waals surface area contributed by atoms with Crippen LogP contribution >= 0.6 is 22.9 Å². The van der Waals surface area contributed by atoms with Crippen LogP contribution in [0.25, 0.3) is 37.1 Å². The number of aromatic nitrogens is 3. The molecule has 37 heavy (non-hydrogen) atoms. The number of hydrogen-bond acceptors (Lipinski definition) is 6. The summed E-state index contributed by atoms with van der Waals surface area (Å²) in [6.07, 6.45) is -1.85. The molecule has 1 aliphatic heterocycles. The maximum atomic E-state index is 13.5. The van der Waals surface area contributed by atoms with Crippen LogP contribution in [0.15, 0.2) is 70.5 Å². The van der Waals surface area contributed by atoms with Crippen molar-refractivity contribution in [1.29, 1.82) is 0 Å². The second kappa shape index (κ2) is 8.17. The lowest BCUT2D eigenvalue weighted by Gasteiger charge is -2.48. The molecule has 5 aromatic rings. The van der Waals surface area contributed by atoms with Gasteiger partial charge in [-0.05, 0) is 24.3 Å². The molecule has 4 heterocycles. The summed E-state index contributed by atoms with van der Waals surface area (Å²) in [6, 6.07) is 13.7. The summed E-state index contributed by atoms with van der Waals surface area (Å²) in [7, 11) is 0.